The maximum Gasteiger partial charge on any atom is 0.315 e. The molecule has 0 aromatic heterocycles. The number of ether oxygens (including phenoxy) is 1. The second-order valence-corrected chi connectivity index (χ2v) is 9.11. The number of benzene rings is 2. The first kappa shape index (κ1) is 29.6. The maximum absolute atomic E-state index is 13.9. The molecule has 0 saturated heterocycles. The van der Waals surface area contributed by atoms with Gasteiger partial charge in [-0.1, -0.05) is 63.2 Å². The zero-order chi connectivity index (χ0) is 27.4. The first-order valence-electron chi connectivity index (χ1n) is 12.3. The third-order valence-electron chi connectivity index (χ3n) is 5.75. The first-order chi connectivity index (χ1) is 17.7. The molecule has 4 amide bonds. The van der Waals surface area contributed by atoms with Gasteiger partial charge in [0.05, 0.1) is 13.2 Å². The second kappa shape index (κ2) is 14.8. The quantitative estimate of drug-likeness (QED) is 0.280. The Labute approximate surface area is 217 Å². The van der Waals surface area contributed by atoms with Gasteiger partial charge >= 0.3 is 6.03 Å². The molecule has 0 fully saturated rings. The van der Waals surface area contributed by atoms with Crippen LogP contribution in [0.4, 0.5) is 9.18 Å². The van der Waals surface area contributed by atoms with Gasteiger partial charge in [0.1, 0.15) is 6.04 Å². The number of aliphatic hydroxyl groups is 1. The van der Waals surface area contributed by atoms with Gasteiger partial charge in [0.2, 0.25) is 5.91 Å². The lowest BCUT2D eigenvalue weighted by molar-refractivity contribution is -0.132. The molecule has 2 unspecified atom stereocenters. The van der Waals surface area contributed by atoms with Crippen LogP contribution in [0, 0.1) is 11.7 Å². The first-order valence-corrected chi connectivity index (χ1v) is 12.3. The summed E-state index contributed by atoms with van der Waals surface area (Å²) in [5, 5.41) is 21.3. The fourth-order valence-corrected chi connectivity index (χ4v) is 3.77. The van der Waals surface area contributed by atoms with E-state index in [4.69, 9.17) is 4.74 Å². The molecule has 0 aliphatic rings. The number of rotatable bonds is 13. The van der Waals surface area contributed by atoms with Crippen LogP contribution in [0.5, 0.6) is 5.75 Å². The summed E-state index contributed by atoms with van der Waals surface area (Å²) in [6.07, 6.45) is -0.930. The van der Waals surface area contributed by atoms with Crippen molar-refractivity contribution in [2.45, 2.75) is 64.9 Å². The summed E-state index contributed by atoms with van der Waals surface area (Å²) in [5.74, 6) is -1.70. The normalized spacial score (nSPS) is 13.3. The van der Waals surface area contributed by atoms with Crippen molar-refractivity contribution in [3.8, 4) is 5.75 Å². The van der Waals surface area contributed by atoms with E-state index in [1.807, 2.05) is 44.2 Å². The van der Waals surface area contributed by atoms with Crippen molar-refractivity contribution < 1.29 is 28.6 Å². The third kappa shape index (κ3) is 9.38. The summed E-state index contributed by atoms with van der Waals surface area (Å²) in [5.41, 5.74) is 1.32. The van der Waals surface area contributed by atoms with Crippen molar-refractivity contribution in [3.05, 3.63) is 65.5 Å². The SMILES string of the molecule is CCC(NC(=O)[C@H](CC(C)C)NC(=O)NCc1ccccc1)C(O)C(=O)NCc1cccc(F)c1OC. The molecule has 37 heavy (non-hydrogen) atoms. The van der Waals surface area contributed by atoms with Crippen LogP contribution in [-0.4, -0.2) is 48.2 Å². The Morgan fingerprint density at radius 1 is 0.946 bits per heavy atom. The van der Waals surface area contributed by atoms with Crippen LogP contribution in [0.3, 0.4) is 0 Å². The van der Waals surface area contributed by atoms with Gasteiger partial charge in [0.25, 0.3) is 5.91 Å². The molecule has 0 radical (unpaired) electrons. The van der Waals surface area contributed by atoms with Crippen LogP contribution < -0.4 is 26.0 Å². The van der Waals surface area contributed by atoms with Crippen molar-refractivity contribution >= 4 is 17.8 Å². The molecule has 0 heterocycles. The maximum atomic E-state index is 13.9. The molecule has 2 aromatic rings. The highest BCUT2D eigenvalue weighted by atomic mass is 19.1. The molecule has 0 saturated carbocycles. The summed E-state index contributed by atoms with van der Waals surface area (Å²) < 4.78 is 18.9. The summed E-state index contributed by atoms with van der Waals surface area (Å²) >= 11 is 0. The number of aliphatic hydroxyl groups excluding tert-OH is 1. The van der Waals surface area contributed by atoms with E-state index < -0.39 is 41.9 Å². The van der Waals surface area contributed by atoms with Crippen molar-refractivity contribution in [3.63, 3.8) is 0 Å². The minimum atomic E-state index is -1.56. The number of carbonyl (C=O) groups excluding carboxylic acids is 3. The van der Waals surface area contributed by atoms with Crippen molar-refractivity contribution in [1.29, 1.82) is 0 Å². The highest BCUT2D eigenvalue weighted by Gasteiger charge is 2.30. The molecular formula is C27H37FN4O5. The van der Waals surface area contributed by atoms with Crippen molar-refractivity contribution in [2.75, 3.05) is 7.11 Å². The van der Waals surface area contributed by atoms with E-state index in [0.717, 1.165) is 5.56 Å². The van der Waals surface area contributed by atoms with E-state index in [9.17, 15) is 23.9 Å². The Balaban J connectivity index is 1.97. The second-order valence-electron chi connectivity index (χ2n) is 9.11. The van der Waals surface area contributed by atoms with Gasteiger partial charge in [0.15, 0.2) is 17.7 Å². The number of para-hydroxylation sites is 1. The Kier molecular flexibility index (Phi) is 11.8. The lowest BCUT2D eigenvalue weighted by atomic mass is 10.0. The lowest BCUT2D eigenvalue weighted by Crippen LogP contribution is -2.56. The van der Waals surface area contributed by atoms with E-state index in [-0.39, 0.29) is 24.6 Å². The Hall–Kier alpha value is -3.66. The number of carbonyl (C=O) groups is 3. The van der Waals surface area contributed by atoms with Crippen LogP contribution >= 0.6 is 0 Å². The molecule has 202 valence electrons. The van der Waals surface area contributed by atoms with Gasteiger partial charge in [-0.2, -0.15) is 0 Å². The minimum Gasteiger partial charge on any atom is -0.493 e. The summed E-state index contributed by atoms with van der Waals surface area (Å²) in [6.45, 7) is 5.79. The van der Waals surface area contributed by atoms with E-state index in [2.05, 4.69) is 21.3 Å². The zero-order valence-corrected chi connectivity index (χ0v) is 21.7. The van der Waals surface area contributed by atoms with Crippen LogP contribution in [0.15, 0.2) is 48.5 Å². The Morgan fingerprint density at radius 2 is 1.65 bits per heavy atom. The largest absolute Gasteiger partial charge is 0.493 e. The number of nitrogens with one attached hydrogen (secondary N) is 4. The standard InChI is InChI=1S/C27H37FN4O5/c1-5-21(23(33)26(35)29-16-19-12-9-13-20(28)24(19)37-4)31-25(34)22(14-17(2)3)32-27(36)30-15-18-10-7-6-8-11-18/h6-13,17,21-23,33H,5,14-16H2,1-4H3,(H,29,35)(H,31,34)(H2,30,32,36)/t21?,22-,23?/m0/s1. The molecule has 10 heteroatoms. The summed E-state index contributed by atoms with van der Waals surface area (Å²) in [7, 11) is 1.32. The summed E-state index contributed by atoms with van der Waals surface area (Å²) in [6, 6.07) is 11.4. The van der Waals surface area contributed by atoms with Gasteiger partial charge in [-0.15, -0.1) is 0 Å². The van der Waals surface area contributed by atoms with Gasteiger partial charge in [0, 0.05) is 18.7 Å². The Bertz CT molecular complexity index is 1030. The van der Waals surface area contributed by atoms with Crippen LogP contribution in [0.2, 0.25) is 0 Å². The van der Waals surface area contributed by atoms with Crippen LogP contribution in [0.25, 0.3) is 0 Å². The van der Waals surface area contributed by atoms with Gasteiger partial charge < -0.3 is 31.1 Å². The van der Waals surface area contributed by atoms with E-state index in [0.29, 0.717) is 18.5 Å². The number of methoxy groups -OCH3 is 1. The number of urea groups is 1. The van der Waals surface area contributed by atoms with Gasteiger partial charge in [-0.25, -0.2) is 9.18 Å². The topological polar surface area (TPSA) is 129 Å². The molecule has 0 bridgehead atoms. The van der Waals surface area contributed by atoms with Crippen molar-refractivity contribution in [1.82, 2.24) is 21.3 Å². The van der Waals surface area contributed by atoms with E-state index >= 15 is 0 Å². The number of amides is 4. The van der Waals surface area contributed by atoms with Gasteiger partial charge in [-0.3, -0.25) is 9.59 Å². The zero-order valence-electron chi connectivity index (χ0n) is 21.7. The third-order valence-corrected chi connectivity index (χ3v) is 5.75. The predicted molar refractivity (Wildman–Crippen MR) is 138 cm³/mol. The van der Waals surface area contributed by atoms with Crippen molar-refractivity contribution in [2.24, 2.45) is 5.92 Å². The number of hydrogen-bond acceptors (Lipinski definition) is 5. The summed E-state index contributed by atoms with van der Waals surface area (Å²) in [4.78, 5) is 38.1. The van der Waals surface area contributed by atoms with E-state index in [1.54, 1.807) is 13.0 Å². The molecule has 0 spiro atoms. The molecule has 2 aromatic carbocycles. The van der Waals surface area contributed by atoms with E-state index in [1.165, 1.54) is 19.2 Å². The van der Waals surface area contributed by atoms with Crippen LogP contribution in [-0.2, 0) is 22.7 Å². The molecule has 9 nitrogen and oxygen atoms in total. The van der Waals surface area contributed by atoms with Crippen LogP contribution in [0.1, 0.15) is 44.7 Å². The molecular weight excluding hydrogens is 479 g/mol. The fourth-order valence-electron chi connectivity index (χ4n) is 3.77. The average Bonchev–Trinajstić information content (AvgIpc) is 2.88. The number of hydrogen-bond donors (Lipinski definition) is 5. The Morgan fingerprint density at radius 3 is 2.27 bits per heavy atom. The highest BCUT2D eigenvalue weighted by molar-refractivity contribution is 5.88. The lowest BCUT2D eigenvalue weighted by Gasteiger charge is -2.26. The minimum absolute atomic E-state index is 0.00535. The number of halogens is 1. The molecule has 3 atom stereocenters. The molecule has 0 aliphatic carbocycles. The highest BCUT2D eigenvalue weighted by Crippen LogP contribution is 2.22. The predicted octanol–water partition coefficient (Wildman–Crippen LogP) is 2.62. The fraction of sp³-hybridized carbons (Fsp3) is 0.444. The van der Waals surface area contributed by atoms with Gasteiger partial charge in [-0.05, 0) is 30.4 Å². The molecule has 0 aliphatic heterocycles. The molecule has 5 N–H and O–H groups in total. The smallest absolute Gasteiger partial charge is 0.315 e. The monoisotopic (exact) mass is 516 g/mol. The molecule has 2 rings (SSSR count). The average molecular weight is 517 g/mol.